The fraction of sp³-hybridized carbons (Fsp3) is 0.400. The van der Waals surface area contributed by atoms with Crippen LogP contribution in [0.25, 0.3) is 11.0 Å². The quantitative estimate of drug-likeness (QED) is 0.901. The van der Waals surface area contributed by atoms with E-state index in [1.165, 1.54) is 0 Å². The molecule has 1 aromatic heterocycles. The first kappa shape index (κ1) is 15.2. The number of carbonyl (C=O) groups is 1. The molecule has 0 spiro atoms. The van der Waals surface area contributed by atoms with Crippen LogP contribution in [0.5, 0.6) is 0 Å². The summed E-state index contributed by atoms with van der Waals surface area (Å²) in [5.74, 6) is 0. The summed E-state index contributed by atoms with van der Waals surface area (Å²) >= 11 is 0. The van der Waals surface area contributed by atoms with Gasteiger partial charge in [-0.3, -0.25) is 0 Å². The van der Waals surface area contributed by atoms with Crippen LogP contribution in [-0.4, -0.2) is 48.1 Å². The van der Waals surface area contributed by atoms with Crippen LogP contribution in [0.1, 0.15) is 11.4 Å². The molecule has 0 aliphatic rings. The Bertz CT molecular complexity index is 654. The van der Waals surface area contributed by atoms with Gasteiger partial charge in [-0.25, -0.2) is 14.8 Å². The van der Waals surface area contributed by atoms with Crippen molar-refractivity contribution >= 4 is 22.8 Å². The molecule has 0 fully saturated rings. The largest absolute Gasteiger partial charge is 0.337 e. The molecule has 0 saturated carbocycles. The number of hydrogen-bond donors (Lipinski definition) is 2. The zero-order valence-electron chi connectivity index (χ0n) is 12.9. The topological polar surface area (TPSA) is 70.2 Å². The number of likely N-dealkylation sites (N-methyl/N-ethyl adjacent to an activating group) is 1. The average molecular weight is 287 g/mol. The maximum absolute atomic E-state index is 11.8. The zero-order chi connectivity index (χ0) is 15.4. The van der Waals surface area contributed by atoms with Gasteiger partial charge in [0, 0.05) is 18.8 Å². The maximum atomic E-state index is 11.8. The lowest BCUT2D eigenvalue weighted by Gasteiger charge is -2.11. The van der Waals surface area contributed by atoms with Crippen LogP contribution in [0.15, 0.2) is 18.2 Å². The Hall–Kier alpha value is -2.21. The molecule has 0 atom stereocenters. The SMILES string of the molecule is Cc1nc2ccc(NC(=O)NCCN(C)C)cc2nc1C. The van der Waals surface area contributed by atoms with Gasteiger partial charge in [-0.05, 0) is 46.1 Å². The molecule has 6 nitrogen and oxygen atoms in total. The number of amides is 2. The number of aromatic nitrogens is 2. The summed E-state index contributed by atoms with van der Waals surface area (Å²) in [6, 6.07) is 5.31. The Morgan fingerprint density at radius 3 is 2.48 bits per heavy atom. The van der Waals surface area contributed by atoms with Crippen LogP contribution in [0.2, 0.25) is 0 Å². The molecule has 0 aliphatic heterocycles. The van der Waals surface area contributed by atoms with Crippen LogP contribution < -0.4 is 10.6 Å². The molecular formula is C15H21N5O. The van der Waals surface area contributed by atoms with Crippen molar-refractivity contribution in [2.24, 2.45) is 0 Å². The lowest BCUT2D eigenvalue weighted by Crippen LogP contribution is -2.34. The molecule has 0 saturated heterocycles. The molecule has 2 rings (SSSR count). The Kier molecular flexibility index (Phi) is 4.70. The van der Waals surface area contributed by atoms with E-state index in [4.69, 9.17) is 0 Å². The number of urea groups is 1. The van der Waals surface area contributed by atoms with E-state index in [0.29, 0.717) is 12.2 Å². The van der Waals surface area contributed by atoms with Gasteiger partial charge in [0.25, 0.3) is 0 Å². The molecule has 0 bridgehead atoms. The van der Waals surface area contributed by atoms with Crippen molar-refractivity contribution in [3.05, 3.63) is 29.6 Å². The number of hydrogen-bond acceptors (Lipinski definition) is 4. The van der Waals surface area contributed by atoms with Crippen molar-refractivity contribution in [2.75, 3.05) is 32.5 Å². The first-order valence-corrected chi connectivity index (χ1v) is 6.90. The molecular weight excluding hydrogens is 266 g/mol. The minimum absolute atomic E-state index is 0.215. The molecule has 21 heavy (non-hydrogen) atoms. The van der Waals surface area contributed by atoms with Gasteiger partial charge < -0.3 is 15.5 Å². The van der Waals surface area contributed by atoms with Crippen molar-refractivity contribution in [3.8, 4) is 0 Å². The zero-order valence-corrected chi connectivity index (χ0v) is 12.9. The van der Waals surface area contributed by atoms with Crippen molar-refractivity contribution in [2.45, 2.75) is 13.8 Å². The Labute approximate surface area is 124 Å². The summed E-state index contributed by atoms with van der Waals surface area (Å²) in [4.78, 5) is 22.7. The van der Waals surface area contributed by atoms with E-state index in [1.807, 2.05) is 51.0 Å². The molecule has 1 aromatic carbocycles. The van der Waals surface area contributed by atoms with Gasteiger partial charge in [-0.15, -0.1) is 0 Å². The third-order valence-electron chi connectivity index (χ3n) is 3.18. The number of nitrogens with one attached hydrogen (secondary N) is 2. The second-order valence-electron chi connectivity index (χ2n) is 5.28. The first-order valence-electron chi connectivity index (χ1n) is 6.90. The lowest BCUT2D eigenvalue weighted by molar-refractivity contribution is 0.250. The van der Waals surface area contributed by atoms with Crippen molar-refractivity contribution in [1.82, 2.24) is 20.2 Å². The number of benzene rings is 1. The minimum Gasteiger partial charge on any atom is -0.337 e. The Morgan fingerprint density at radius 1 is 1.14 bits per heavy atom. The highest BCUT2D eigenvalue weighted by molar-refractivity contribution is 5.91. The Balaban J connectivity index is 2.05. The molecule has 0 aliphatic carbocycles. The molecule has 6 heteroatoms. The van der Waals surface area contributed by atoms with Gasteiger partial charge in [0.05, 0.1) is 22.4 Å². The molecule has 2 amide bonds. The molecule has 2 aromatic rings. The van der Waals surface area contributed by atoms with E-state index >= 15 is 0 Å². The standard InChI is InChI=1S/C15H21N5O/c1-10-11(2)18-14-9-12(5-6-13(14)17-10)19-15(21)16-7-8-20(3)4/h5-6,9H,7-8H2,1-4H3,(H2,16,19,21). The number of carbonyl (C=O) groups excluding carboxylic acids is 1. The number of anilines is 1. The fourth-order valence-electron chi connectivity index (χ4n) is 1.88. The second-order valence-corrected chi connectivity index (χ2v) is 5.28. The van der Waals surface area contributed by atoms with Gasteiger partial charge >= 0.3 is 6.03 Å². The number of rotatable bonds is 4. The van der Waals surface area contributed by atoms with Crippen molar-refractivity contribution < 1.29 is 4.79 Å². The molecule has 0 unspecified atom stereocenters. The lowest BCUT2D eigenvalue weighted by atomic mass is 10.2. The van der Waals surface area contributed by atoms with Gasteiger partial charge in [-0.2, -0.15) is 0 Å². The van der Waals surface area contributed by atoms with Crippen LogP contribution in [0.3, 0.4) is 0 Å². The monoisotopic (exact) mass is 287 g/mol. The maximum Gasteiger partial charge on any atom is 0.319 e. The molecule has 2 N–H and O–H groups in total. The van der Waals surface area contributed by atoms with Crippen molar-refractivity contribution in [3.63, 3.8) is 0 Å². The van der Waals surface area contributed by atoms with Gasteiger partial charge in [0.15, 0.2) is 0 Å². The summed E-state index contributed by atoms with van der Waals surface area (Å²) in [6.07, 6.45) is 0. The third kappa shape index (κ3) is 4.13. The number of nitrogens with zero attached hydrogens (tertiary/aromatic N) is 3. The van der Waals surface area contributed by atoms with Crippen LogP contribution in [0, 0.1) is 13.8 Å². The highest BCUT2D eigenvalue weighted by Gasteiger charge is 2.05. The van der Waals surface area contributed by atoms with Gasteiger partial charge in [0.2, 0.25) is 0 Å². The number of fused-ring (bicyclic) bond motifs is 1. The van der Waals surface area contributed by atoms with Gasteiger partial charge in [-0.1, -0.05) is 0 Å². The smallest absolute Gasteiger partial charge is 0.319 e. The van der Waals surface area contributed by atoms with Crippen LogP contribution in [-0.2, 0) is 0 Å². The van der Waals surface area contributed by atoms with E-state index in [0.717, 1.165) is 29.0 Å². The van der Waals surface area contributed by atoms with E-state index < -0.39 is 0 Å². The average Bonchev–Trinajstić information content (AvgIpc) is 2.40. The summed E-state index contributed by atoms with van der Waals surface area (Å²) in [5.41, 5.74) is 4.14. The summed E-state index contributed by atoms with van der Waals surface area (Å²) in [7, 11) is 3.93. The summed E-state index contributed by atoms with van der Waals surface area (Å²) < 4.78 is 0. The first-order chi connectivity index (χ1) is 9.95. The third-order valence-corrected chi connectivity index (χ3v) is 3.18. The second kappa shape index (κ2) is 6.49. The van der Waals surface area contributed by atoms with Gasteiger partial charge in [0.1, 0.15) is 0 Å². The van der Waals surface area contributed by atoms with E-state index in [9.17, 15) is 4.79 Å². The minimum atomic E-state index is -0.215. The normalized spacial score (nSPS) is 10.9. The fourth-order valence-corrected chi connectivity index (χ4v) is 1.88. The summed E-state index contributed by atoms with van der Waals surface area (Å²) in [5, 5.41) is 5.61. The molecule has 1 heterocycles. The van der Waals surface area contributed by atoms with E-state index in [2.05, 4.69) is 20.6 Å². The van der Waals surface area contributed by atoms with Crippen molar-refractivity contribution in [1.29, 1.82) is 0 Å². The Morgan fingerprint density at radius 2 is 1.81 bits per heavy atom. The highest BCUT2D eigenvalue weighted by atomic mass is 16.2. The number of aryl methyl sites for hydroxylation is 2. The molecule has 0 radical (unpaired) electrons. The summed E-state index contributed by atoms with van der Waals surface area (Å²) in [6.45, 7) is 5.27. The van der Waals surface area contributed by atoms with Crippen LogP contribution in [0.4, 0.5) is 10.5 Å². The molecule has 112 valence electrons. The predicted octanol–water partition coefficient (Wildman–Crippen LogP) is 1.93. The van der Waals surface area contributed by atoms with Crippen LogP contribution >= 0.6 is 0 Å². The van der Waals surface area contributed by atoms with E-state index in [1.54, 1.807) is 0 Å². The highest BCUT2D eigenvalue weighted by Crippen LogP contribution is 2.17. The van der Waals surface area contributed by atoms with E-state index in [-0.39, 0.29) is 6.03 Å². The predicted molar refractivity (Wildman–Crippen MR) is 84.6 cm³/mol.